The van der Waals surface area contributed by atoms with Crippen LogP contribution >= 0.6 is 23.2 Å². The van der Waals surface area contributed by atoms with E-state index in [1.165, 1.54) is 19.2 Å². The maximum absolute atomic E-state index is 13.4. The SMILES string of the molecule is COc1nc2ccc(C(O)(c3cccnc3)c3cccc(Cl)c3)cc2c(Cl)c1Cc1ccc(F)cc1. The van der Waals surface area contributed by atoms with Gasteiger partial charge in [0.1, 0.15) is 11.4 Å². The van der Waals surface area contributed by atoms with Gasteiger partial charge < -0.3 is 9.84 Å². The Morgan fingerprint density at radius 2 is 1.67 bits per heavy atom. The minimum absolute atomic E-state index is 0.311. The largest absolute Gasteiger partial charge is 0.481 e. The van der Waals surface area contributed by atoms with Gasteiger partial charge in [0, 0.05) is 40.4 Å². The van der Waals surface area contributed by atoms with Crippen molar-refractivity contribution in [1.82, 2.24) is 9.97 Å². The first-order valence-electron chi connectivity index (χ1n) is 11.2. The molecule has 0 aliphatic heterocycles. The number of aliphatic hydroxyl groups is 1. The van der Waals surface area contributed by atoms with Gasteiger partial charge in [0.2, 0.25) is 5.88 Å². The predicted molar refractivity (Wildman–Crippen MR) is 140 cm³/mol. The van der Waals surface area contributed by atoms with Gasteiger partial charge in [-0.15, -0.1) is 0 Å². The van der Waals surface area contributed by atoms with E-state index in [2.05, 4.69) is 9.97 Å². The lowest BCUT2D eigenvalue weighted by Crippen LogP contribution is -2.29. The molecule has 5 aromatic rings. The number of ether oxygens (including phenoxy) is 1. The minimum Gasteiger partial charge on any atom is -0.481 e. The van der Waals surface area contributed by atoms with Gasteiger partial charge in [-0.05, 0) is 59.2 Å². The Kier molecular flexibility index (Phi) is 6.63. The molecule has 0 fully saturated rings. The molecule has 0 amide bonds. The standard InChI is InChI=1S/C29H21Cl2FN2O2/c1-36-28-25(14-18-7-10-23(32)11-8-18)27(31)24-16-20(9-12-26(24)34-28)29(35,21-5-3-13-33-17-21)19-4-2-6-22(30)15-19/h2-13,15-17,35H,14H2,1H3. The minimum atomic E-state index is -1.55. The fourth-order valence-electron chi connectivity index (χ4n) is 4.39. The van der Waals surface area contributed by atoms with Crippen LogP contribution in [0.2, 0.25) is 10.0 Å². The van der Waals surface area contributed by atoms with Gasteiger partial charge in [-0.25, -0.2) is 9.37 Å². The summed E-state index contributed by atoms with van der Waals surface area (Å²) in [5, 5.41) is 13.8. The summed E-state index contributed by atoms with van der Waals surface area (Å²) in [5.41, 5.74) is 2.34. The fraction of sp³-hybridized carbons (Fsp3) is 0.103. The number of hydrogen-bond acceptors (Lipinski definition) is 4. The second-order valence-corrected chi connectivity index (χ2v) is 9.23. The second kappa shape index (κ2) is 9.86. The van der Waals surface area contributed by atoms with Crippen LogP contribution in [-0.2, 0) is 12.0 Å². The van der Waals surface area contributed by atoms with Gasteiger partial charge in [0.15, 0.2) is 0 Å². The summed E-state index contributed by atoms with van der Waals surface area (Å²) in [7, 11) is 1.54. The van der Waals surface area contributed by atoms with Gasteiger partial charge in [0.05, 0.1) is 17.6 Å². The summed E-state index contributed by atoms with van der Waals surface area (Å²) in [6, 6.07) is 22.3. The maximum Gasteiger partial charge on any atom is 0.218 e. The summed E-state index contributed by atoms with van der Waals surface area (Å²) in [6.07, 6.45) is 3.67. The highest BCUT2D eigenvalue weighted by Crippen LogP contribution is 2.41. The van der Waals surface area contributed by atoms with Crippen molar-refractivity contribution in [3.05, 3.63) is 135 Å². The highest BCUT2D eigenvalue weighted by molar-refractivity contribution is 6.36. The summed E-state index contributed by atoms with van der Waals surface area (Å²) in [4.78, 5) is 8.87. The molecule has 0 radical (unpaired) electrons. The normalized spacial score (nSPS) is 12.9. The second-order valence-electron chi connectivity index (χ2n) is 8.41. The van der Waals surface area contributed by atoms with Gasteiger partial charge in [0.25, 0.3) is 0 Å². The topological polar surface area (TPSA) is 55.2 Å². The molecule has 0 saturated heterocycles. The quantitative estimate of drug-likeness (QED) is 0.264. The molecular weight excluding hydrogens is 498 g/mol. The molecule has 0 saturated carbocycles. The van der Waals surface area contributed by atoms with E-state index in [1.807, 2.05) is 18.2 Å². The third kappa shape index (κ3) is 4.42. The van der Waals surface area contributed by atoms with Crippen molar-refractivity contribution in [3.8, 4) is 5.88 Å². The molecule has 7 heteroatoms. The van der Waals surface area contributed by atoms with Crippen LogP contribution in [0.3, 0.4) is 0 Å². The van der Waals surface area contributed by atoms with Gasteiger partial charge in [-0.1, -0.05) is 59.6 Å². The highest BCUT2D eigenvalue weighted by atomic mass is 35.5. The number of fused-ring (bicyclic) bond motifs is 1. The van der Waals surface area contributed by atoms with E-state index in [4.69, 9.17) is 27.9 Å². The van der Waals surface area contributed by atoms with Crippen LogP contribution in [0.25, 0.3) is 10.9 Å². The van der Waals surface area contributed by atoms with Crippen molar-refractivity contribution in [2.24, 2.45) is 0 Å². The lowest BCUT2D eigenvalue weighted by molar-refractivity contribution is 0.125. The summed E-state index contributed by atoms with van der Waals surface area (Å²) < 4.78 is 19.0. The number of rotatable bonds is 6. The van der Waals surface area contributed by atoms with Crippen molar-refractivity contribution in [3.63, 3.8) is 0 Å². The molecule has 0 spiro atoms. The Hall–Kier alpha value is -3.51. The zero-order valence-corrected chi connectivity index (χ0v) is 20.8. The summed E-state index contributed by atoms with van der Waals surface area (Å²) >= 11 is 13.2. The molecule has 1 unspecified atom stereocenters. The molecule has 2 heterocycles. The fourth-order valence-corrected chi connectivity index (χ4v) is 4.88. The number of nitrogens with zero attached hydrogens (tertiary/aromatic N) is 2. The number of methoxy groups -OCH3 is 1. The highest BCUT2D eigenvalue weighted by Gasteiger charge is 2.35. The molecule has 0 bridgehead atoms. The van der Waals surface area contributed by atoms with E-state index < -0.39 is 5.60 Å². The first kappa shape index (κ1) is 24.2. The van der Waals surface area contributed by atoms with Gasteiger partial charge in [-0.2, -0.15) is 0 Å². The Balaban J connectivity index is 1.71. The third-order valence-electron chi connectivity index (χ3n) is 6.21. The first-order chi connectivity index (χ1) is 17.4. The van der Waals surface area contributed by atoms with Crippen LogP contribution in [-0.4, -0.2) is 22.2 Å². The van der Waals surface area contributed by atoms with Crippen LogP contribution in [0.15, 0.2) is 91.3 Å². The van der Waals surface area contributed by atoms with Crippen molar-refractivity contribution >= 4 is 34.1 Å². The molecule has 5 rings (SSSR count). The van der Waals surface area contributed by atoms with E-state index in [0.717, 1.165) is 5.56 Å². The molecule has 0 aliphatic rings. The molecule has 1 atom stereocenters. The Morgan fingerprint density at radius 3 is 2.36 bits per heavy atom. The summed E-state index contributed by atoms with van der Waals surface area (Å²) in [5.74, 6) is 0.0794. The predicted octanol–water partition coefficient (Wildman–Crippen LogP) is 6.96. The van der Waals surface area contributed by atoms with Crippen LogP contribution in [0.1, 0.15) is 27.8 Å². The molecule has 3 aromatic carbocycles. The van der Waals surface area contributed by atoms with Crippen molar-refractivity contribution < 1.29 is 14.2 Å². The molecule has 1 N–H and O–H groups in total. The zero-order valence-electron chi connectivity index (χ0n) is 19.3. The number of hydrogen-bond donors (Lipinski definition) is 1. The number of benzene rings is 3. The van der Waals surface area contributed by atoms with Crippen molar-refractivity contribution in [2.45, 2.75) is 12.0 Å². The monoisotopic (exact) mass is 518 g/mol. The van der Waals surface area contributed by atoms with E-state index in [0.29, 0.717) is 55.5 Å². The van der Waals surface area contributed by atoms with Crippen molar-refractivity contribution in [1.29, 1.82) is 0 Å². The molecule has 0 aliphatic carbocycles. The Labute approximate surface area is 217 Å². The lowest BCUT2D eigenvalue weighted by atomic mass is 9.80. The van der Waals surface area contributed by atoms with Gasteiger partial charge >= 0.3 is 0 Å². The third-order valence-corrected chi connectivity index (χ3v) is 6.87. The van der Waals surface area contributed by atoms with E-state index in [1.54, 1.807) is 60.9 Å². The van der Waals surface area contributed by atoms with E-state index >= 15 is 0 Å². The number of aromatic nitrogens is 2. The Bertz CT molecular complexity index is 1550. The smallest absolute Gasteiger partial charge is 0.218 e. The molecule has 36 heavy (non-hydrogen) atoms. The average molecular weight is 519 g/mol. The molecule has 180 valence electrons. The van der Waals surface area contributed by atoms with Crippen LogP contribution in [0, 0.1) is 5.82 Å². The summed E-state index contributed by atoms with van der Waals surface area (Å²) in [6.45, 7) is 0. The van der Waals surface area contributed by atoms with Gasteiger partial charge in [-0.3, -0.25) is 4.98 Å². The molecular formula is C29H21Cl2FN2O2. The zero-order chi connectivity index (χ0) is 25.3. The Morgan fingerprint density at radius 1 is 0.917 bits per heavy atom. The van der Waals surface area contributed by atoms with Crippen LogP contribution in [0.5, 0.6) is 5.88 Å². The number of halogens is 3. The molecule has 4 nitrogen and oxygen atoms in total. The maximum atomic E-state index is 13.4. The van der Waals surface area contributed by atoms with E-state index in [-0.39, 0.29) is 5.82 Å². The lowest BCUT2D eigenvalue weighted by Gasteiger charge is -2.30. The van der Waals surface area contributed by atoms with E-state index in [9.17, 15) is 9.50 Å². The first-order valence-corrected chi connectivity index (χ1v) is 12.0. The van der Waals surface area contributed by atoms with Crippen LogP contribution in [0.4, 0.5) is 4.39 Å². The average Bonchev–Trinajstić information content (AvgIpc) is 2.91. The molecule has 2 aromatic heterocycles. The van der Waals surface area contributed by atoms with Crippen molar-refractivity contribution in [2.75, 3.05) is 7.11 Å². The number of pyridine rings is 2. The van der Waals surface area contributed by atoms with Crippen LogP contribution < -0.4 is 4.74 Å².